The van der Waals surface area contributed by atoms with Crippen molar-refractivity contribution in [2.24, 2.45) is 11.1 Å². The van der Waals surface area contributed by atoms with E-state index in [-0.39, 0.29) is 31.6 Å². The Hall–Kier alpha value is -4.66. The Morgan fingerprint density at radius 1 is 1.04 bits per heavy atom. The average Bonchev–Trinajstić information content (AvgIpc) is 3.46. The maximum atomic E-state index is 15.0. The molecule has 3 atom stereocenters. The van der Waals surface area contributed by atoms with Crippen LogP contribution in [0.15, 0.2) is 60.8 Å². The Morgan fingerprint density at radius 2 is 1.73 bits per heavy atom. The van der Waals surface area contributed by atoms with Gasteiger partial charge in [-0.1, -0.05) is 58.0 Å². The van der Waals surface area contributed by atoms with Crippen LogP contribution in [-0.2, 0) is 25.7 Å². The molecule has 0 aliphatic heterocycles. The molecule has 12 nitrogen and oxygen atoms in total. The molecule has 3 aromatic rings. The van der Waals surface area contributed by atoms with E-state index >= 15 is 0 Å². The van der Waals surface area contributed by atoms with Gasteiger partial charge >= 0.3 is 5.97 Å². The molecule has 0 saturated carbocycles. The predicted molar refractivity (Wildman–Crippen MR) is 180 cm³/mol. The fraction of sp³-hybridized carbons (Fsp3) is 0.429. The van der Waals surface area contributed by atoms with Crippen molar-refractivity contribution in [2.75, 3.05) is 32.8 Å². The third-order valence-electron chi connectivity index (χ3n) is 7.90. The number of hydrogen-bond donors (Lipinski definition) is 6. The van der Waals surface area contributed by atoms with Crippen LogP contribution in [0.25, 0.3) is 11.1 Å². The third kappa shape index (κ3) is 10.9. The Bertz CT molecular complexity index is 1590. The van der Waals surface area contributed by atoms with Gasteiger partial charge in [-0.2, -0.15) is 0 Å². The predicted octanol–water partition coefficient (Wildman–Crippen LogP) is 2.40. The van der Waals surface area contributed by atoms with Crippen molar-refractivity contribution in [1.29, 1.82) is 0 Å². The molecule has 0 aliphatic rings. The van der Waals surface area contributed by atoms with Crippen LogP contribution in [0.1, 0.15) is 51.4 Å². The number of aliphatic hydroxyl groups excluding tert-OH is 1. The lowest BCUT2D eigenvalue weighted by Crippen LogP contribution is -2.54. The smallest absolute Gasteiger partial charge is 0.328 e. The van der Waals surface area contributed by atoms with Crippen LogP contribution in [0.3, 0.4) is 0 Å². The molecule has 3 amide bonds. The van der Waals surface area contributed by atoms with Crippen LogP contribution in [0, 0.1) is 17.0 Å². The second kappa shape index (κ2) is 17.7. The number of hydrogen-bond acceptors (Lipinski definition) is 7. The Labute approximate surface area is 284 Å². The molecule has 0 saturated heterocycles. The van der Waals surface area contributed by atoms with Gasteiger partial charge in [-0.15, -0.1) is 0 Å². The van der Waals surface area contributed by atoms with Gasteiger partial charge in [0.05, 0.1) is 18.6 Å². The highest BCUT2D eigenvalue weighted by Crippen LogP contribution is 2.41. The first-order valence-corrected chi connectivity index (χ1v) is 16.0. The minimum absolute atomic E-state index is 0.0205. The van der Waals surface area contributed by atoms with Gasteiger partial charge in [0, 0.05) is 42.7 Å². The van der Waals surface area contributed by atoms with Crippen molar-refractivity contribution in [3.63, 3.8) is 0 Å². The molecule has 3 unspecified atom stereocenters. The van der Waals surface area contributed by atoms with E-state index in [1.807, 2.05) is 62.6 Å². The molecule has 1 heterocycles. The molecule has 0 aliphatic carbocycles. The van der Waals surface area contributed by atoms with Crippen molar-refractivity contribution < 1.29 is 38.2 Å². The number of aliphatic hydroxyl groups is 1. The molecule has 0 spiro atoms. The van der Waals surface area contributed by atoms with E-state index in [0.29, 0.717) is 24.3 Å². The first kappa shape index (κ1) is 38.8. The van der Waals surface area contributed by atoms with Gasteiger partial charge in [-0.25, -0.2) is 13.6 Å². The van der Waals surface area contributed by atoms with Gasteiger partial charge in [0.25, 0.3) is 0 Å². The molecule has 266 valence electrons. The fourth-order valence-corrected chi connectivity index (χ4v) is 5.51. The highest BCUT2D eigenvalue weighted by molar-refractivity contribution is 5.87. The van der Waals surface area contributed by atoms with E-state index in [2.05, 4.69) is 16.0 Å². The summed E-state index contributed by atoms with van der Waals surface area (Å²) in [6, 6.07) is 10.8. The zero-order valence-electron chi connectivity index (χ0n) is 28.2. The lowest BCUT2D eigenvalue weighted by Gasteiger charge is -2.41. The first-order chi connectivity index (χ1) is 23.2. The van der Waals surface area contributed by atoms with Crippen LogP contribution in [-0.4, -0.2) is 88.2 Å². The summed E-state index contributed by atoms with van der Waals surface area (Å²) < 4.78 is 31.1. The number of nitrogens with two attached hydrogens (primary N) is 1. The summed E-state index contributed by atoms with van der Waals surface area (Å²) in [5.41, 5.74) is 7.37. The van der Waals surface area contributed by atoms with Gasteiger partial charge in [0.15, 0.2) is 0 Å². The molecule has 0 fully saturated rings. The number of rotatable bonds is 17. The number of aromatic nitrogens is 1. The van der Waals surface area contributed by atoms with Crippen molar-refractivity contribution in [1.82, 2.24) is 25.4 Å². The quantitative estimate of drug-likeness (QED) is 0.126. The van der Waals surface area contributed by atoms with Gasteiger partial charge < -0.3 is 41.4 Å². The Morgan fingerprint density at radius 3 is 2.35 bits per heavy atom. The number of carboxylic acids is 1. The molecule has 0 bridgehead atoms. The summed E-state index contributed by atoms with van der Waals surface area (Å²) in [7, 11) is 0. The number of halogens is 2. The maximum Gasteiger partial charge on any atom is 0.328 e. The summed E-state index contributed by atoms with van der Waals surface area (Å²) in [5.74, 6) is -4.54. The number of likely N-dealkylation sites (N-methyl/N-ethyl adjacent to an activating group) is 1. The van der Waals surface area contributed by atoms with Crippen LogP contribution >= 0.6 is 0 Å². The third-order valence-corrected chi connectivity index (χ3v) is 7.90. The molecule has 2 aromatic carbocycles. The summed E-state index contributed by atoms with van der Waals surface area (Å²) >= 11 is 0. The van der Waals surface area contributed by atoms with Gasteiger partial charge in [-0.05, 0) is 48.2 Å². The first-order valence-electron chi connectivity index (χ1n) is 16.0. The second-order valence-corrected chi connectivity index (χ2v) is 12.8. The van der Waals surface area contributed by atoms with Crippen molar-refractivity contribution in [2.45, 2.75) is 58.8 Å². The van der Waals surface area contributed by atoms with Crippen LogP contribution in [0.4, 0.5) is 8.78 Å². The van der Waals surface area contributed by atoms with Crippen LogP contribution < -0.4 is 21.7 Å². The van der Waals surface area contributed by atoms with E-state index in [1.165, 1.54) is 4.90 Å². The Balaban J connectivity index is 1.94. The minimum Gasteiger partial charge on any atom is -0.480 e. The Kier molecular flexibility index (Phi) is 14.0. The summed E-state index contributed by atoms with van der Waals surface area (Å²) in [6.07, 6.45) is 1.57. The van der Waals surface area contributed by atoms with Crippen molar-refractivity contribution in [3.05, 3.63) is 83.7 Å². The van der Waals surface area contributed by atoms with Crippen molar-refractivity contribution >= 4 is 23.7 Å². The lowest BCUT2D eigenvalue weighted by atomic mass is 9.82. The number of nitrogens with one attached hydrogen (secondary N) is 3. The van der Waals surface area contributed by atoms with E-state index in [4.69, 9.17) is 5.73 Å². The highest BCUT2D eigenvalue weighted by Gasteiger charge is 2.37. The van der Waals surface area contributed by atoms with Gasteiger partial charge in [0.2, 0.25) is 17.7 Å². The van der Waals surface area contributed by atoms with E-state index in [9.17, 15) is 38.2 Å². The summed E-state index contributed by atoms with van der Waals surface area (Å²) in [6.45, 7) is 6.95. The summed E-state index contributed by atoms with van der Waals surface area (Å²) in [4.78, 5) is 51.5. The van der Waals surface area contributed by atoms with E-state index < -0.39 is 65.5 Å². The molecule has 7 N–H and O–H groups in total. The second-order valence-electron chi connectivity index (χ2n) is 12.8. The van der Waals surface area contributed by atoms with Crippen molar-refractivity contribution in [3.8, 4) is 11.1 Å². The SMILES string of the molecule is CCNCC(=O)NCC(NC(=O)C(N)CCN(C(=O)CO)C(c1cc(-c2cc(F)ccc2F)cn1Cc1ccccc1)C(C)(C)C)C(=O)O. The van der Waals surface area contributed by atoms with E-state index in [0.717, 1.165) is 23.8 Å². The number of amides is 3. The molecule has 0 radical (unpaired) electrons. The summed E-state index contributed by atoms with van der Waals surface area (Å²) in [5, 5.41) is 27.2. The number of benzene rings is 2. The zero-order chi connectivity index (χ0) is 36.3. The lowest BCUT2D eigenvalue weighted by molar-refractivity contribution is -0.142. The van der Waals surface area contributed by atoms with Crippen LogP contribution in [0.2, 0.25) is 0 Å². The number of carboxylic acid groups (broad SMARTS) is 1. The monoisotopic (exact) mass is 684 g/mol. The molecule has 3 rings (SSSR count). The molecular weight excluding hydrogens is 638 g/mol. The van der Waals surface area contributed by atoms with Crippen LogP contribution in [0.5, 0.6) is 0 Å². The topological polar surface area (TPSA) is 179 Å². The molecule has 49 heavy (non-hydrogen) atoms. The zero-order valence-corrected chi connectivity index (χ0v) is 28.2. The molecule has 14 heteroatoms. The molecular formula is C35H46F2N6O6. The van der Waals surface area contributed by atoms with E-state index in [1.54, 1.807) is 12.3 Å². The normalized spacial score (nSPS) is 13.3. The highest BCUT2D eigenvalue weighted by atomic mass is 19.1. The minimum atomic E-state index is -1.45. The van der Waals surface area contributed by atoms with Gasteiger partial charge in [0.1, 0.15) is 24.3 Å². The van der Waals surface area contributed by atoms with Gasteiger partial charge in [-0.3, -0.25) is 14.4 Å². The number of carbonyl (C=O) groups excluding carboxylic acids is 3. The molecule has 1 aromatic heterocycles. The largest absolute Gasteiger partial charge is 0.480 e. The number of aliphatic carboxylic acids is 1. The number of carbonyl (C=O) groups is 4. The number of nitrogens with zero attached hydrogens (tertiary/aromatic N) is 2. The maximum absolute atomic E-state index is 15.0. The average molecular weight is 685 g/mol. The fourth-order valence-electron chi connectivity index (χ4n) is 5.51. The standard InChI is InChI=1S/C35H46F2N6O6/c1-5-39-18-30(45)40-17-28(34(48)49)41-33(47)27(38)13-14-43(31(46)21-44)32(35(2,3)4)29-15-23(25-16-24(36)11-12-26(25)37)20-42(29)19-22-9-7-6-8-10-22/h6-12,15-16,20,27-28,32,39,44H,5,13-14,17-19,21,38H2,1-4H3,(H,40,45)(H,41,47)(H,48,49).